The van der Waals surface area contributed by atoms with Crippen molar-refractivity contribution in [3.63, 3.8) is 0 Å². The number of benzene rings is 2. The first kappa shape index (κ1) is 15.4. The van der Waals surface area contributed by atoms with Gasteiger partial charge in [0.15, 0.2) is 5.12 Å². The van der Waals surface area contributed by atoms with Crippen molar-refractivity contribution in [2.75, 3.05) is 11.1 Å². The molecule has 0 aliphatic heterocycles. The Balaban J connectivity index is 2.00. The molecular formula is C18H19NOS. The average Bonchev–Trinajstić information content (AvgIpc) is 2.49. The molecule has 0 amide bonds. The molecule has 0 bridgehead atoms. The lowest BCUT2D eigenvalue weighted by atomic mass is 10.1. The van der Waals surface area contributed by atoms with Crippen LogP contribution in [0.1, 0.15) is 18.9 Å². The zero-order valence-electron chi connectivity index (χ0n) is 12.1. The number of allylic oxidation sites excluding steroid dienone is 1. The Bertz CT molecular complexity index is 608. The molecule has 0 saturated carbocycles. The number of para-hydroxylation sites is 2. The van der Waals surface area contributed by atoms with Crippen molar-refractivity contribution < 1.29 is 4.79 Å². The van der Waals surface area contributed by atoms with Crippen LogP contribution >= 0.6 is 11.8 Å². The van der Waals surface area contributed by atoms with Crippen molar-refractivity contribution in [1.29, 1.82) is 0 Å². The molecule has 0 atom stereocenters. The van der Waals surface area contributed by atoms with E-state index in [1.54, 1.807) is 6.92 Å². The standard InChI is InChI=1S/C18H19NOS/c1-15(20)21-14-8-7-10-16-9-5-6-13-18(16)19-17-11-3-2-4-12-17/h2-7,9-13,19H,8,14H2,1H3. The number of hydrogen-bond acceptors (Lipinski definition) is 3. The fourth-order valence-electron chi connectivity index (χ4n) is 1.91. The van der Waals surface area contributed by atoms with Gasteiger partial charge >= 0.3 is 0 Å². The first-order valence-electron chi connectivity index (χ1n) is 6.97. The zero-order chi connectivity index (χ0) is 14.9. The van der Waals surface area contributed by atoms with Crippen molar-refractivity contribution in [1.82, 2.24) is 0 Å². The van der Waals surface area contributed by atoms with Gasteiger partial charge in [-0.25, -0.2) is 0 Å². The van der Waals surface area contributed by atoms with Crippen LogP contribution in [0.4, 0.5) is 11.4 Å². The molecule has 0 aliphatic rings. The van der Waals surface area contributed by atoms with E-state index in [9.17, 15) is 4.79 Å². The number of rotatable bonds is 6. The van der Waals surface area contributed by atoms with E-state index >= 15 is 0 Å². The van der Waals surface area contributed by atoms with E-state index in [4.69, 9.17) is 0 Å². The molecule has 0 fully saturated rings. The molecule has 0 unspecified atom stereocenters. The highest BCUT2D eigenvalue weighted by Crippen LogP contribution is 2.22. The first-order valence-corrected chi connectivity index (χ1v) is 7.95. The molecule has 2 aromatic carbocycles. The minimum absolute atomic E-state index is 0.176. The molecule has 2 rings (SSSR count). The Hall–Kier alpha value is -2.00. The maximum atomic E-state index is 10.9. The van der Waals surface area contributed by atoms with Gasteiger partial charge in [0.25, 0.3) is 0 Å². The molecule has 0 radical (unpaired) electrons. The van der Waals surface area contributed by atoms with Crippen LogP contribution in [0.25, 0.3) is 6.08 Å². The molecule has 0 saturated heterocycles. The highest BCUT2D eigenvalue weighted by Gasteiger charge is 1.99. The number of hydrogen-bond donors (Lipinski definition) is 1. The molecular weight excluding hydrogens is 278 g/mol. The summed E-state index contributed by atoms with van der Waals surface area (Å²) >= 11 is 1.37. The van der Waals surface area contributed by atoms with E-state index in [1.807, 2.05) is 42.5 Å². The van der Waals surface area contributed by atoms with Gasteiger partial charge < -0.3 is 5.32 Å². The second-order valence-corrected chi connectivity index (χ2v) is 5.88. The predicted octanol–water partition coefficient (Wildman–Crippen LogP) is 5.11. The van der Waals surface area contributed by atoms with Crippen LogP contribution in [-0.2, 0) is 4.79 Å². The van der Waals surface area contributed by atoms with E-state index in [0.717, 1.165) is 29.1 Å². The fraction of sp³-hybridized carbons (Fsp3) is 0.167. The monoisotopic (exact) mass is 297 g/mol. The zero-order valence-corrected chi connectivity index (χ0v) is 12.9. The van der Waals surface area contributed by atoms with Crippen molar-refractivity contribution in [3.8, 4) is 0 Å². The molecule has 2 nitrogen and oxygen atoms in total. The maximum absolute atomic E-state index is 10.9. The van der Waals surface area contributed by atoms with Crippen LogP contribution in [0.3, 0.4) is 0 Å². The Kier molecular flexibility index (Phi) is 6.10. The average molecular weight is 297 g/mol. The fourth-order valence-corrected chi connectivity index (χ4v) is 2.46. The van der Waals surface area contributed by atoms with Gasteiger partial charge in [-0.3, -0.25) is 4.79 Å². The summed E-state index contributed by atoms with van der Waals surface area (Å²) in [6.07, 6.45) is 5.11. The summed E-state index contributed by atoms with van der Waals surface area (Å²) < 4.78 is 0. The molecule has 0 aliphatic carbocycles. The summed E-state index contributed by atoms with van der Waals surface area (Å²) in [4.78, 5) is 10.9. The molecule has 108 valence electrons. The SMILES string of the molecule is CC(=O)SCCC=Cc1ccccc1Nc1ccccc1. The Labute approximate surface area is 130 Å². The molecule has 21 heavy (non-hydrogen) atoms. The van der Waals surface area contributed by atoms with Crippen molar-refractivity contribution >= 4 is 34.3 Å². The molecule has 0 aromatic heterocycles. The molecule has 2 aromatic rings. The number of nitrogens with one attached hydrogen (secondary N) is 1. The lowest BCUT2D eigenvalue weighted by molar-refractivity contribution is -0.109. The number of carbonyl (C=O) groups is 1. The lowest BCUT2D eigenvalue weighted by Gasteiger charge is -2.09. The first-order chi connectivity index (χ1) is 10.3. The van der Waals surface area contributed by atoms with Crippen molar-refractivity contribution in [2.45, 2.75) is 13.3 Å². The molecule has 3 heteroatoms. The Morgan fingerprint density at radius 1 is 1.10 bits per heavy atom. The summed E-state index contributed by atoms with van der Waals surface area (Å²) in [7, 11) is 0. The number of thioether (sulfide) groups is 1. The molecule has 1 N–H and O–H groups in total. The van der Waals surface area contributed by atoms with Gasteiger partial charge in [0, 0.05) is 24.1 Å². The quantitative estimate of drug-likeness (QED) is 0.751. The summed E-state index contributed by atoms with van der Waals surface area (Å²) in [6, 6.07) is 18.3. The topological polar surface area (TPSA) is 29.1 Å². The second-order valence-electron chi connectivity index (χ2n) is 4.61. The second kappa shape index (κ2) is 8.32. The molecule has 0 spiro atoms. The number of anilines is 2. The highest BCUT2D eigenvalue weighted by molar-refractivity contribution is 8.13. The van der Waals surface area contributed by atoms with E-state index < -0.39 is 0 Å². The highest BCUT2D eigenvalue weighted by atomic mass is 32.2. The molecule has 0 heterocycles. The van der Waals surface area contributed by atoms with Crippen molar-refractivity contribution in [3.05, 3.63) is 66.2 Å². The predicted molar refractivity (Wildman–Crippen MR) is 93.0 cm³/mol. The van der Waals surface area contributed by atoms with Gasteiger partial charge in [-0.05, 0) is 30.2 Å². The van der Waals surface area contributed by atoms with E-state index in [2.05, 4.69) is 29.6 Å². The van der Waals surface area contributed by atoms with E-state index in [1.165, 1.54) is 11.8 Å². The largest absolute Gasteiger partial charge is 0.355 e. The normalized spacial score (nSPS) is 10.7. The smallest absolute Gasteiger partial charge is 0.185 e. The lowest BCUT2D eigenvalue weighted by Crippen LogP contribution is -1.92. The van der Waals surface area contributed by atoms with Gasteiger partial charge in [-0.2, -0.15) is 0 Å². The van der Waals surface area contributed by atoms with Gasteiger partial charge in [0.2, 0.25) is 0 Å². The van der Waals surface area contributed by atoms with E-state index in [-0.39, 0.29) is 5.12 Å². The third-order valence-electron chi connectivity index (χ3n) is 2.90. The number of carbonyl (C=O) groups excluding carboxylic acids is 1. The van der Waals surface area contributed by atoms with Crippen LogP contribution in [0.5, 0.6) is 0 Å². The van der Waals surface area contributed by atoms with Crippen LogP contribution in [0.2, 0.25) is 0 Å². The van der Waals surface area contributed by atoms with Gasteiger partial charge in [0.1, 0.15) is 0 Å². The summed E-state index contributed by atoms with van der Waals surface area (Å²) in [5.74, 6) is 0.833. The van der Waals surface area contributed by atoms with Gasteiger partial charge in [-0.15, -0.1) is 0 Å². The minimum Gasteiger partial charge on any atom is -0.355 e. The van der Waals surface area contributed by atoms with Crippen LogP contribution in [-0.4, -0.2) is 10.9 Å². The van der Waals surface area contributed by atoms with E-state index in [0.29, 0.717) is 0 Å². The third-order valence-corrected chi connectivity index (χ3v) is 3.75. The summed E-state index contributed by atoms with van der Waals surface area (Å²) in [5, 5.41) is 3.60. The Morgan fingerprint density at radius 3 is 2.57 bits per heavy atom. The van der Waals surface area contributed by atoms with Crippen LogP contribution < -0.4 is 5.32 Å². The maximum Gasteiger partial charge on any atom is 0.185 e. The Morgan fingerprint density at radius 2 is 1.81 bits per heavy atom. The summed E-state index contributed by atoms with van der Waals surface area (Å²) in [5.41, 5.74) is 3.30. The minimum atomic E-state index is 0.176. The van der Waals surface area contributed by atoms with Gasteiger partial charge in [-0.1, -0.05) is 60.3 Å². The van der Waals surface area contributed by atoms with Crippen LogP contribution in [0.15, 0.2) is 60.7 Å². The van der Waals surface area contributed by atoms with Gasteiger partial charge in [0.05, 0.1) is 0 Å². The van der Waals surface area contributed by atoms with Crippen molar-refractivity contribution in [2.24, 2.45) is 0 Å². The van der Waals surface area contributed by atoms with Crippen LogP contribution in [0, 0.1) is 0 Å². The summed E-state index contributed by atoms with van der Waals surface area (Å²) in [6.45, 7) is 1.60. The third kappa shape index (κ3) is 5.48.